The lowest BCUT2D eigenvalue weighted by Crippen LogP contribution is -2.43. The molecular formula is C25H33ClF3N5O4S. The summed E-state index contributed by atoms with van der Waals surface area (Å²) in [5, 5.41) is 10.1. The van der Waals surface area contributed by atoms with Gasteiger partial charge in [0.2, 0.25) is 0 Å². The predicted octanol–water partition coefficient (Wildman–Crippen LogP) is 4.71. The molecule has 2 fully saturated rings. The number of ether oxygens (including phenoxy) is 1. The van der Waals surface area contributed by atoms with Crippen LogP contribution in [0.25, 0.3) is 11.3 Å². The summed E-state index contributed by atoms with van der Waals surface area (Å²) in [4.78, 5) is 17.4. The van der Waals surface area contributed by atoms with Gasteiger partial charge in [-0.1, -0.05) is 11.6 Å². The van der Waals surface area contributed by atoms with Crippen LogP contribution in [-0.4, -0.2) is 66.5 Å². The number of nitrogens with one attached hydrogen (secondary N) is 2. The molecule has 39 heavy (non-hydrogen) atoms. The van der Waals surface area contributed by atoms with Crippen molar-refractivity contribution in [2.75, 3.05) is 25.2 Å². The molecule has 0 aromatic carbocycles. The van der Waals surface area contributed by atoms with Crippen molar-refractivity contribution in [2.45, 2.75) is 69.5 Å². The van der Waals surface area contributed by atoms with Crippen molar-refractivity contribution in [2.24, 2.45) is 11.8 Å². The van der Waals surface area contributed by atoms with Gasteiger partial charge in [0.05, 0.1) is 34.6 Å². The summed E-state index contributed by atoms with van der Waals surface area (Å²) in [6.45, 7) is 2.64. The number of nitrogens with zero attached hydrogens (tertiary/aromatic N) is 3. The number of rotatable bonds is 9. The predicted molar refractivity (Wildman–Crippen MR) is 142 cm³/mol. The standard InChI is InChI=1S/C25H33ClF3N5O4S/c1-4-34-23(18-13-30-20(11-19(18)38-2)32-16-9-15(10-16)25(27,28)29)21(26)22(33-34)24(35)31-12-14-5-7-17(8-6-14)39(3,36)37/h11,13-17H,4-10,12H2,1-3H3,(H,30,32)(H,31,35). The Morgan fingerprint density at radius 3 is 2.46 bits per heavy atom. The van der Waals surface area contributed by atoms with Gasteiger partial charge in [-0.2, -0.15) is 18.3 Å². The first-order valence-corrected chi connectivity index (χ1v) is 15.3. The number of aryl methyl sites for hydroxylation is 1. The molecule has 1 amide bonds. The van der Waals surface area contributed by atoms with E-state index in [1.807, 2.05) is 6.92 Å². The van der Waals surface area contributed by atoms with Crippen molar-refractivity contribution < 1.29 is 31.1 Å². The molecule has 9 nitrogen and oxygen atoms in total. The van der Waals surface area contributed by atoms with Crippen LogP contribution in [0.5, 0.6) is 5.75 Å². The third-order valence-electron chi connectivity index (χ3n) is 7.65. The Morgan fingerprint density at radius 2 is 1.90 bits per heavy atom. The number of methoxy groups -OCH3 is 1. The SMILES string of the molecule is CCn1nc(C(=O)NCC2CCC(S(C)(=O)=O)CC2)c(Cl)c1-c1cnc(NC2CC(C(F)(F)F)C2)cc1OC. The second-order valence-electron chi connectivity index (χ2n) is 10.3. The molecule has 216 valence electrons. The van der Waals surface area contributed by atoms with Crippen molar-refractivity contribution in [3.05, 3.63) is 23.0 Å². The lowest BCUT2D eigenvalue weighted by molar-refractivity contribution is -0.195. The van der Waals surface area contributed by atoms with Gasteiger partial charge < -0.3 is 15.4 Å². The summed E-state index contributed by atoms with van der Waals surface area (Å²) < 4.78 is 69.1. The summed E-state index contributed by atoms with van der Waals surface area (Å²) in [7, 11) is -1.60. The number of pyridine rings is 1. The van der Waals surface area contributed by atoms with Crippen LogP contribution in [0.1, 0.15) is 55.9 Å². The van der Waals surface area contributed by atoms with E-state index in [1.165, 1.54) is 19.6 Å². The number of carbonyl (C=O) groups excluding carboxylic acids is 1. The summed E-state index contributed by atoms with van der Waals surface area (Å²) in [5.74, 6) is -0.812. The van der Waals surface area contributed by atoms with Crippen LogP contribution in [0, 0.1) is 11.8 Å². The normalized spacial score (nSPS) is 23.7. The zero-order chi connectivity index (χ0) is 28.5. The third-order valence-corrected chi connectivity index (χ3v) is 9.69. The summed E-state index contributed by atoms with van der Waals surface area (Å²) >= 11 is 6.66. The number of halogens is 4. The molecule has 0 aliphatic heterocycles. The van der Waals surface area contributed by atoms with Crippen LogP contribution in [0.4, 0.5) is 19.0 Å². The Kier molecular flexibility index (Phi) is 8.70. The van der Waals surface area contributed by atoms with Crippen molar-refractivity contribution >= 4 is 33.2 Å². The Bertz CT molecular complexity index is 1300. The maximum atomic E-state index is 13.0. The zero-order valence-corrected chi connectivity index (χ0v) is 23.6. The highest BCUT2D eigenvalue weighted by Gasteiger charge is 2.48. The quantitative estimate of drug-likeness (QED) is 0.434. The highest BCUT2D eigenvalue weighted by atomic mass is 35.5. The Balaban J connectivity index is 1.45. The Morgan fingerprint density at radius 1 is 1.23 bits per heavy atom. The maximum absolute atomic E-state index is 13.0. The molecule has 2 heterocycles. The molecule has 2 aliphatic rings. The van der Waals surface area contributed by atoms with Gasteiger partial charge in [-0.25, -0.2) is 13.4 Å². The van der Waals surface area contributed by atoms with E-state index in [4.69, 9.17) is 16.3 Å². The van der Waals surface area contributed by atoms with E-state index in [-0.39, 0.29) is 40.8 Å². The van der Waals surface area contributed by atoms with Crippen LogP contribution >= 0.6 is 11.6 Å². The third kappa shape index (κ3) is 6.62. The first kappa shape index (κ1) is 29.4. The molecule has 0 unspecified atom stereocenters. The minimum Gasteiger partial charge on any atom is -0.496 e. The van der Waals surface area contributed by atoms with Gasteiger partial charge in [0.15, 0.2) is 5.69 Å². The largest absolute Gasteiger partial charge is 0.496 e. The zero-order valence-electron chi connectivity index (χ0n) is 22.0. The minimum absolute atomic E-state index is 0.0126. The van der Waals surface area contributed by atoms with E-state index in [1.54, 1.807) is 10.7 Å². The lowest BCUT2D eigenvalue weighted by atomic mass is 9.80. The van der Waals surface area contributed by atoms with E-state index in [9.17, 15) is 26.4 Å². The van der Waals surface area contributed by atoms with E-state index < -0.39 is 27.8 Å². The van der Waals surface area contributed by atoms with Gasteiger partial charge in [0, 0.05) is 37.7 Å². The fourth-order valence-electron chi connectivity index (χ4n) is 5.23. The summed E-state index contributed by atoms with van der Waals surface area (Å²) in [6, 6.07) is 1.26. The van der Waals surface area contributed by atoms with Gasteiger partial charge in [-0.05, 0) is 51.4 Å². The molecule has 4 rings (SSSR count). The van der Waals surface area contributed by atoms with Gasteiger partial charge in [-0.15, -0.1) is 0 Å². The highest BCUT2D eigenvalue weighted by Crippen LogP contribution is 2.43. The summed E-state index contributed by atoms with van der Waals surface area (Å²) in [6.07, 6.45) is 1.12. The Labute approximate surface area is 230 Å². The van der Waals surface area contributed by atoms with E-state index in [0.717, 1.165) is 0 Å². The monoisotopic (exact) mass is 591 g/mol. The smallest absolute Gasteiger partial charge is 0.391 e. The van der Waals surface area contributed by atoms with Crippen LogP contribution in [-0.2, 0) is 16.4 Å². The summed E-state index contributed by atoms with van der Waals surface area (Å²) in [5.41, 5.74) is 0.979. The van der Waals surface area contributed by atoms with Gasteiger partial charge in [0.1, 0.15) is 21.4 Å². The van der Waals surface area contributed by atoms with Crippen molar-refractivity contribution in [3.63, 3.8) is 0 Å². The fourth-order valence-corrected chi connectivity index (χ4v) is 6.68. The first-order chi connectivity index (χ1) is 18.3. The molecule has 0 spiro atoms. The van der Waals surface area contributed by atoms with E-state index in [2.05, 4.69) is 20.7 Å². The molecule has 0 bridgehead atoms. The highest BCUT2D eigenvalue weighted by molar-refractivity contribution is 7.91. The van der Waals surface area contributed by atoms with Crippen molar-refractivity contribution in [1.82, 2.24) is 20.1 Å². The Hall–Kier alpha value is -2.54. The second-order valence-corrected chi connectivity index (χ2v) is 13.0. The molecular weight excluding hydrogens is 559 g/mol. The average Bonchev–Trinajstić information content (AvgIpc) is 3.19. The van der Waals surface area contributed by atoms with Crippen LogP contribution in [0.15, 0.2) is 12.3 Å². The molecule has 2 saturated carbocycles. The number of alkyl halides is 3. The van der Waals surface area contributed by atoms with Crippen LogP contribution in [0.2, 0.25) is 5.02 Å². The minimum atomic E-state index is -4.19. The van der Waals surface area contributed by atoms with E-state index >= 15 is 0 Å². The van der Waals surface area contributed by atoms with Crippen molar-refractivity contribution in [1.29, 1.82) is 0 Å². The number of hydrogen-bond donors (Lipinski definition) is 2. The molecule has 2 aromatic heterocycles. The number of sulfone groups is 1. The van der Waals surface area contributed by atoms with Gasteiger partial charge in [-0.3, -0.25) is 9.48 Å². The second kappa shape index (κ2) is 11.5. The topological polar surface area (TPSA) is 115 Å². The molecule has 2 N–H and O–H groups in total. The van der Waals surface area contributed by atoms with E-state index in [0.29, 0.717) is 61.6 Å². The first-order valence-electron chi connectivity index (χ1n) is 12.9. The number of hydrogen-bond acceptors (Lipinski definition) is 7. The van der Waals surface area contributed by atoms with Crippen LogP contribution in [0.3, 0.4) is 0 Å². The van der Waals surface area contributed by atoms with Gasteiger partial charge in [0.25, 0.3) is 5.91 Å². The fraction of sp³-hybridized carbons (Fsp3) is 0.640. The molecule has 0 atom stereocenters. The number of aromatic nitrogens is 3. The lowest BCUT2D eigenvalue weighted by Gasteiger charge is -2.37. The number of carbonyl (C=O) groups is 1. The molecule has 2 aromatic rings. The number of anilines is 1. The van der Waals surface area contributed by atoms with Gasteiger partial charge >= 0.3 is 6.18 Å². The molecule has 2 aliphatic carbocycles. The average molecular weight is 592 g/mol. The number of amides is 1. The molecule has 14 heteroatoms. The molecule has 0 radical (unpaired) electrons. The molecule has 0 saturated heterocycles. The maximum Gasteiger partial charge on any atom is 0.391 e. The van der Waals surface area contributed by atoms with Crippen molar-refractivity contribution in [3.8, 4) is 17.0 Å². The van der Waals surface area contributed by atoms with Crippen LogP contribution < -0.4 is 15.4 Å².